The van der Waals surface area contributed by atoms with Gasteiger partial charge < -0.3 is 20.5 Å². The fourth-order valence-corrected chi connectivity index (χ4v) is 1.90. The van der Waals surface area contributed by atoms with Gasteiger partial charge in [-0.05, 0) is 25.7 Å². The van der Waals surface area contributed by atoms with Crippen LogP contribution >= 0.6 is 0 Å². The minimum atomic E-state index is -0.912. The molecule has 0 spiro atoms. The van der Waals surface area contributed by atoms with Crippen LogP contribution in [0.3, 0.4) is 0 Å². The highest BCUT2D eigenvalue weighted by atomic mass is 16.5. The third-order valence-electron chi connectivity index (χ3n) is 3.11. The van der Waals surface area contributed by atoms with Crippen LogP contribution in [0, 0.1) is 5.92 Å². The van der Waals surface area contributed by atoms with Crippen molar-refractivity contribution in [3.05, 3.63) is 0 Å². The Morgan fingerprint density at radius 1 is 1.32 bits per heavy atom. The van der Waals surface area contributed by atoms with Crippen molar-refractivity contribution in [2.75, 3.05) is 13.1 Å². The van der Waals surface area contributed by atoms with Gasteiger partial charge in [0, 0.05) is 13.1 Å². The minimum Gasteiger partial charge on any atom is -0.479 e. The first-order chi connectivity index (χ1) is 8.90. The Morgan fingerprint density at radius 2 is 2.00 bits per heavy atom. The summed E-state index contributed by atoms with van der Waals surface area (Å²) >= 11 is 0. The predicted octanol–water partition coefficient (Wildman–Crippen LogP) is 0.369. The molecule has 0 radical (unpaired) electrons. The number of rotatable bonds is 7. The maximum absolute atomic E-state index is 11.7. The number of hydrogen-bond donors (Lipinski definition) is 3. The molecule has 1 saturated heterocycles. The van der Waals surface area contributed by atoms with Crippen LogP contribution in [0.15, 0.2) is 0 Å². The second kappa shape index (κ2) is 7.45. The standard InChI is InChI=1S/C13H24N2O4/c1-8(2)6-15-12(16)9(3)14-7-10-4-5-11(19-10)13(17)18/h8-11,14H,4-7H2,1-3H3,(H,15,16)(H,17,18). The number of carbonyl (C=O) groups is 2. The number of carbonyl (C=O) groups excluding carboxylic acids is 1. The number of aliphatic carboxylic acids is 1. The van der Waals surface area contributed by atoms with Crippen LogP contribution in [0.2, 0.25) is 0 Å². The lowest BCUT2D eigenvalue weighted by molar-refractivity contribution is -0.149. The fourth-order valence-electron chi connectivity index (χ4n) is 1.90. The molecule has 0 aliphatic carbocycles. The topological polar surface area (TPSA) is 87.7 Å². The van der Waals surface area contributed by atoms with Crippen molar-refractivity contribution in [3.8, 4) is 0 Å². The third kappa shape index (κ3) is 5.57. The summed E-state index contributed by atoms with van der Waals surface area (Å²) in [6.45, 7) is 7.03. The predicted molar refractivity (Wildman–Crippen MR) is 70.8 cm³/mol. The van der Waals surface area contributed by atoms with Crippen LogP contribution < -0.4 is 10.6 Å². The van der Waals surface area contributed by atoms with Gasteiger partial charge in [0.25, 0.3) is 0 Å². The summed E-state index contributed by atoms with van der Waals surface area (Å²) in [5.74, 6) is -0.530. The van der Waals surface area contributed by atoms with E-state index in [0.29, 0.717) is 31.8 Å². The lowest BCUT2D eigenvalue weighted by Crippen LogP contribution is -2.45. The molecule has 0 aromatic rings. The zero-order valence-corrected chi connectivity index (χ0v) is 11.8. The number of amides is 1. The monoisotopic (exact) mass is 272 g/mol. The van der Waals surface area contributed by atoms with Crippen molar-refractivity contribution >= 4 is 11.9 Å². The van der Waals surface area contributed by atoms with E-state index >= 15 is 0 Å². The van der Waals surface area contributed by atoms with E-state index in [0.717, 1.165) is 0 Å². The summed E-state index contributed by atoms with van der Waals surface area (Å²) in [4.78, 5) is 22.4. The van der Waals surface area contributed by atoms with Crippen LogP contribution in [-0.4, -0.2) is 48.3 Å². The van der Waals surface area contributed by atoms with E-state index < -0.39 is 12.1 Å². The number of ether oxygens (including phenoxy) is 1. The average molecular weight is 272 g/mol. The molecular formula is C13H24N2O4. The Morgan fingerprint density at radius 3 is 2.53 bits per heavy atom. The lowest BCUT2D eigenvalue weighted by atomic mass is 10.2. The van der Waals surface area contributed by atoms with Crippen molar-refractivity contribution in [2.45, 2.75) is 51.9 Å². The molecule has 0 saturated carbocycles. The Labute approximate surface area is 113 Å². The second-order valence-corrected chi connectivity index (χ2v) is 5.43. The number of nitrogens with one attached hydrogen (secondary N) is 2. The lowest BCUT2D eigenvalue weighted by Gasteiger charge is -2.18. The Hall–Kier alpha value is -1.14. The largest absolute Gasteiger partial charge is 0.479 e. The van der Waals surface area contributed by atoms with Gasteiger partial charge in [-0.25, -0.2) is 4.79 Å². The normalized spacial score (nSPS) is 24.4. The van der Waals surface area contributed by atoms with Crippen LogP contribution in [-0.2, 0) is 14.3 Å². The van der Waals surface area contributed by atoms with E-state index in [9.17, 15) is 9.59 Å². The Balaban J connectivity index is 2.21. The van der Waals surface area contributed by atoms with Crippen LogP contribution in [0.4, 0.5) is 0 Å². The highest BCUT2D eigenvalue weighted by Gasteiger charge is 2.30. The quantitative estimate of drug-likeness (QED) is 0.623. The molecule has 1 fully saturated rings. The number of carboxylic acid groups (broad SMARTS) is 1. The third-order valence-corrected chi connectivity index (χ3v) is 3.11. The molecule has 3 atom stereocenters. The van der Waals surface area contributed by atoms with Gasteiger partial charge in [0.05, 0.1) is 12.1 Å². The number of hydrogen-bond acceptors (Lipinski definition) is 4. The summed E-state index contributed by atoms with van der Waals surface area (Å²) in [6, 6.07) is -0.300. The molecule has 3 unspecified atom stereocenters. The van der Waals surface area contributed by atoms with Gasteiger partial charge in [-0.2, -0.15) is 0 Å². The maximum atomic E-state index is 11.7. The zero-order chi connectivity index (χ0) is 14.4. The van der Waals surface area contributed by atoms with Crippen molar-refractivity contribution in [1.29, 1.82) is 0 Å². The molecular weight excluding hydrogens is 248 g/mol. The molecule has 19 heavy (non-hydrogen) atoms. The Kier molecular flexibility index (Phi) is 6.24. The molecule has 1 heterocycles. The summed E-state index contributed by atoms with van der Waals surface area (Å²) in [5.41, 5.74) is 0. The van der Waals surface area contributed by atoms with Crippen molar-refractivity contribution < 1.29 is 19.4 Å². The molecule has 6 heteroatoms. The maximum Gasteiger partial charge on any atom is 0.332 e. The van der Waals surface area contributed by atoms with E-state index in [1.807, 2.05) is 13.8 Å². The van der Waals surface area contributed by atoms with Gasteiger partial charge in [0.15, 0.2) is 6.10 Å². The van der Waals surface area contributed by atoms with Crippen molar-refractivity contribution in [2.24, 2.45) is 5.92 Å². The molecule has 1 aliphatic rings. The highest BCUT2D eigenvalue weighted by Crippen LogP contribution is 2.19. The smallest absolute Gasteiger partial charge is 0.332 e. The van der Waals surface area contributed by atoms with Gasteiger partial charge in [0.1, 0.15) is 0 Å². The highest BCUT2D eigenvalue weighted by molar-refractivity contribution is 5.81. The van der Waals surface area contributed by atoms with Crippen LogP contribution in [0.25, 0.3) is 0 Å². The molecule has 0 bridgehead atoms. The molecule has 6 nitrogen and oxygen atoms in total. The summed E-state index contributed by atoms with van der Waals surface area (Å²) in [6.07, 6.45) is 0.429. The second-order valence-electron chi connectivity index (χ2n) is 5.43. The van der Waals surface area contributed by atoms with Crippen molar-refractivity contribution in [3.63, 3.8) is 0 Å². The van der Waals surface area contributed by atoms with E-state index in [4.69, 9.17) is 9.84 Å². The van der Waals surface area contributed by atoms with Gasteiger partial charge in [-0.1, -0.05) is 13.8 Å². The van der Waals surface area contributed by atoms with E-state index in [1.165, 1.54) is 0 Å². The first-order valence-corrected chi connectivity index (χ1v) is 6.79. The Bertz CT molecular complexity index is 320. The molecule has 0 aromatic carbocycles. The molecule has 110 valence electrons. The first-order valence-electron chi connectivity index (χ1n) is 6.79. The first kappa shape index (κ1) is 15.9. The van der Waals surface area contributed by atoms with Gasteiger partial charge in [0.2, 0.25) is 5.91 Å². The van der Waals surface area contributed by atoms with E-state index in [1.54, 1.807) is 6.92 Å². The molecule has 0 aromatic heterocycles. The van der Waals surface area contributed by atoms with Crippen molar-refractivity contribution in [1.82, 2.24) is 10.6 Å². The van der Waals surface area contributed by atoms with E-state index in [-0.39, 0.29) is 18.1 Å². The molecule has 1 aliphatic heterocycles. The van der Waals surface area contributed by atoms with Crippen LogP contribution in [0.1, 0.15) is 33.6 Å². The number of carboxylic acids is 1. The summed E-state index contributed by atoms with van der Waals surface area (Å²) < 4.78 is 5.36. The van der Waals surface area contributed by atoms with E-state index in [2.05, 4.69) is 10.6 Å². The van der Waals surface area contributed by atoms with Gasteiger partial charge in [-0.15, -0.1) is 0 Å². The SMILES string of the molecule is CC(C)CNC(=O)C(C)NCC1CCC(C(=O)O)O1. The van der Waals surface area contributed by atoms with Gasteiger partial charge >= 0.3 is 5.97 Å². The molecule has 1 amide bonds. The average Bonchev–Trinajstić information content (AvgIpc) is 2.81. The molecule has 3 N–H and O–H groups in total. The van der Waals surface area contributed by atoms with Crippen LogP contribution in [0.5, 0.6) is 0 Å². The minimum absolute atomic E-state index is 0.0403. The molecule has 1 rings (SSSR count). The van der Waals surface area contributed by atoms with Gasteiger partial charge in [-0.3, -0.25) is 4.79 Å². The summed E-state index contributed by atoms with van der Waals surface area (Å²) in [5, 5.41) is 14.7. The zero-order valence-electron chi connectivity index (χ0n) is 11.8. The fraction of sp³-hybridized carbons (Fsp3) is 0.846. The summed E-state index contributed by atoms with van der Waals surface area (Å²) in [7, 11) is 0.